The van der Waals surface area contributed by atoms with Gasteiger partial charge in [0.2, 0.25) is 0 Å². The Kier molecular flexibility index (Phi) is 4.27. The average molecular weight is 367 g/mol. The maximum atomic E-state index is 4.78. The van der Waals surface area contributed by atoms with Crippen LogP contribution in [0.1, 0.15) is 56.3 Å². The molecule has 4 aromatic rings. The minimum atomic E-state index is 0.559. The summed E-state index contributed by atoms with van der Waals surface area (Å²) in [5.74, 6) is 0. The summed E-state index contributed by atoms with van der Waals surface area (Å²) in [6, 6.07) is 13.7. The van der Waals surface area contributed by atoms with E-state index in [1.54, 1.807) is 0 Å². The zero-order chi connectivity index (χ0) is 19.1. The van der Waals surface area contributed by atoms with Gasteiger partial charge in [-0.25, -0.2) is 0 Å². The SMILES string of the molecule is C=Cc1c(/C=C\C)c2c3c(ccc4cccnc43)ccc2n1C1CCCCC1. The molecule has 2 aromatic heterocycles. The Morgan fingerprint density at radius 3 is 2.57 bits per heavy atom. The smallest absolute Gasteiger partial charge is 0.0787 e. The molecule has 1 aliphatic carbocycles. The van der Waals surface area contributed by atoms with Crippen molar-refractivity contribution in [2.45, 2.75) is 45.1 Å². The van der Waals surface area contributed by atoms with Crippen molar-refractivity contribution in [2.75, 3.05) is 0 Å². The molecule has 140 valence electrons. The summed E-state index contributed by atoms with van der Waals surface area (Å²) in [4.78, 5) is 4.78. The molecule has 2 heterocycles. The Balaban J connectivity index is 1.98. The first-order valence-corrected chi connectivity index (χ1v) is 10.4. The maximum absolute atomic E-state index is 4.78. The number of hydrogen-bond donors (Lipinski definition) is 0. The van der Waals surface area contributed by atoms with Crippen LogP contribution in [0.5, 0.6) is 0 Å². The summed E-state index contributed by atoms with van der Waals surface area (Å²) < 4.78 is 2.57. The van der Waals surface area contributed by atoms with Crippen LogP contribution in [0.3, 0.4) is 0 Å². The van der Waals surface area contributed by atoms with Gasteiger partial charge < -0.3 is 4.57 Å². The summed E-state index contributed by atoms with van der Waals surface area (Å²) >= 11 is 0. The van der Waals surface area contributed by atoms with Crippen LogP contribution >= 0.6 is 0 Å². The first kappa shape index (κ1) is 17.2. The van der Waals surface area contributed by atoms with Crippen molar-refractivity contribution < 1.29 is 0 Å². The molecule has 0 spiro atoms. The van der Waals surface area contributed by atoms with Crippen LogP contribution in [0.2, 0.25) is 0 Å². The summed E-state index contributed by atoms with van der Waals surface area (Å²) in [5.41, 5.74) is 4.94. The number of benzene rings is 2. The highest BCUT2D eigenvalue weighted by molar-refractivity contribution is 6.21. The number of pyridine rings is 1. The van der Waals surface area contributed by atoms with Gasteiger partial charge in [0, 0.05) is 39.7 Å². The molecule has 0 amide bonds. The number of nitrogens with zero attached hydrogens (tertiary/aromatic N) is 2. The maximum Gasteiger partial charge on any atom is 0.0787 e. The fourth-order valence-corrected chi connectivity index (χ4v) is 5.08. The van der Waals surface area contributed by atoms with Gasteiger partial charge in [0.1, 0.15) is 0 Å². The Labute approximate surface area is 166 Å². The second-order valence-corrected chi connectivity index (χ2v) is 7.86. The van der Waals surface area contributed by atoms with Crippen LogP contribution in [-0.4, -0.2) is 9.55 Å². The molecule has 2 heteroatoms. The van der Waals surface area contributed by atoms with E-state index in [1.165, 1.54) is 70.4 Å². The molecule has 0 bridgehead atoms. The van der Waals surface area contributed by atoms with E-state index in [2.05, 4.69) is 60.6 Å². The van der Waals surface area contributed by atoms with Crippen LogP contribution in [0, 0.1) is 0 Å². The first-order chi connectivity index (χ1) is 13.8. The van der Waals surface area contributed by atoms with E-state index in [0.29, 0.717) is 6.04 Å². The van der Waals surface area contributed by atoms with Crippen molar-refractivity contribution in [3.63, 3.8) is 0 Å². The van der Waals surface area contributed by atoms with Crippen molar-refractivity contribution in [1.29, 1.82) is 0 Å². The minimum absolute atomic E-state index is 0.559. The number of aromatic nitrogens is 2. The monoisotopic (exact) mass is 366 g/mol. The van der Waals surface area contributed by atoms with Gasteiger partial charge in [-0.3, -0.25) is 4.98 Å². The van der Waals surface area contributed by atoms with E-state index < -0.39 is 0 Å². The normalized spacial score (nSPS) is 15.9. The number of hydrogen-bond acceptors (Lipinski definition) is 1. The molecule has 0 unspecified atom stereocenters. The second-order valence-electron chi connectivity index (χ2n) is 7.86. The van der Waals surface area contributed by atoms with Crippen LogP contribution in [-0.2, 0) is 0 Å². The van der Waals surface area contributed by atoms with E-state index in [9.17, 15) is 0 Å². The highest BCUT2D eigenvalue weighted by atomic mass is 15.0. The zero-order valence-corrected chi connectivity index (χ0v) is 16.5. The second kappa shape index (κ2) is 6.94. The van der Waals surface area contributed by atoms with Gasteiger partial charge in [0.15, 0.2) is 0 Å². The highest BCUT2D eigenvalue weighted by Gasteiger charge is 2.23. The van der Waals surface area contributed by atoms with E-state index >= 15 is 0 Å². The lowest BCUT2D eigenvalue weighted by Gasteiger charge is -2.26. The molecule has 0 atom stereocenters. The Hall–Kier alpha value is -2.87. The summed E-state index contributed by atoms with van der Waals surface area (Å²) in [6.45, 7) is 6.29. The van der Waals surface area contributed by atoms with Gasteiger partial charge >= 0.3 is 0 Å². The van der Waals surface area contributed by atoms with Gasteiger partial charge in [-0.2, -0.15) is 0 Å². The third-order valence-corrected chi connectivity index (χ3v) is 6.26. The lowest BCUT2D eigenvalue weighted by molar-refractivity contribution is 0.359. The predicted octanol–water partition coefficient (Wildman–Crippen LogP) is 7.52. The molecule has 0 N–H and O–H groups in total. The molecule has 1 fully saturated rings. The number of fused-ring (bicyclic) bond motifs is 5. The molecule has 1 aliphatic rings. The molecular weight excluding hydrogens is 340 g/mol. The zero-order valence-electron chi connectivity index (χ0n) is 16.5. The van der Waals surface area contributed by atoms with Crippen molar-refractivity contribution in [3.8, 4) is 0 Å². The van der Waals surface area contributed by atoms with E-state index in [1.807, 2.05) is 18.3 Å². The van der Waals surface area contributed by atoms with Crippen molar-refractivity contribution in [1.82, 2.24) is 9.55 Å². The van der Waals surface area contributed by atoms with Gasteiger partial charge in [-0.05, 0) is 43.4 Å². The van der Waals surface area contributed by atoms with Crippen LogP contribution in [0.25, 0.3) is 44.7 Å². The third-order valence-electron chi connectivity index (χ3n) is 6.26. The Morgan fingerprint density at radius 2 is 1.79 bits per heavy atom. The number of allylic oxidation sites excluding steroid dienone is 1. The van der Waals surface area contributed by atoms with Crippen molar-refractivity contribution >= 4 is 44.7 Å². The minimum Gasteiger partial charge on any atom is -0.337 e. The third kappa shape index (κ3) is 2.51. The van der Waals surface area contributed by atoms with E-state index in [4.69, 9.17) is 4.98 Å². The van der Waals surface area contributed by atoms with Crippen molar-refractivity contribution in [3.05, 3.63) is 66.5 Å². The van der Waals surface area contributed by atoms with E-state index in [0.717, 1.165) is 5.52 Å². The van der Waals surface area contributed by atoms with Gasteiger partial charge in [-0.15, -0.1) is 0 Å². The molecule has 28 heavy (non-hydrogen) atoms. The fourth-order valence-electron chi connectivity index (χ4n) is 5.08. The number of rotatable bonds is 3. The lowest BCUT2D eigenvalue weighted by atomic mass is 9.95. The summed E-state index contributed by atoms with van der Waals surface area (Å²) in [6.07, 6.45) is 14.9. The standard InChI is InChI=1S/C26H26N2/c1-3-9-21-22(4-2)28(20-11-6-5-7-12-20)23-16-15-18-13-14-19-10-8-17-27-26(19)24(18)25(21)23/h3-4,8-10,13-17,20H,2,5-7,11-12H2,1H3/b9-3-. The van der Waals surface area contributed by atoms with Gasteiger partial charge in [-0.1, -0.05) is 62.3 Å². The first-order valence-electron chi connectivity index (χ1n) is 10.4. The van der Waals surface area contributed by atoms with Crippen LogP contribution in [0.15, 0.2) is 55.3 Å². The fraction of sp³-hybridized carbons (Fsp3) is 0.269. The van der Waals surface area contributed by atoms with Gasteiger partial charge in [0.25, 0.3) is 0 Å². The molecule has 0 saturated heterocycles. The lowest BCUT2D eigenvalue weighted by Crippen LogP contribution is -2.14. The quantitative estimate of drug-likeness (QED) is 0.343. The highest BCUT2D eigenvalue weighted by Crippen LogP contribution is 2.41. The largest absolute Gasteiger partial charge is 0.337 e. The average Bonchev–Trinajstić information content (AvgIpc) is 3.07. The Morgan fingerprint density at radius 1 is 1.00 bits per heavy atom. The topological polar surface area (TPSA) is 17.8 Å². The molecule has 1 saturated carbocycles. The molecule has 2 nitrogen and oxygen atoms in total. The molecular formula is C26H26N2. The molecule has 0 aliphatic heterocycles. The van der Waals surface area contributed by atoms with Crippen LogP contribution in [0.4, 0.5) is 0 Å². The van der Waals surface area contributed by atoms with E-state index in [-0.39, 0.29) is 0 Å². The van der Waals surface area contributed by atoms with Crippen molar-refractivity contribution in [2.24, 2.45) is 0 Å². The molecule has 0 radical (unpaired) electrons. The van der Waals surface area contributed by atoms with Crippen LogP contribution < -0.4 is 0 Å². The summed E-state index contributed by atoms with van der Waals surface area (Å²) in [7, 11) is 0. The molecule has 2 aromatic carbocycles. The Bertz CT molecular complexity index is 1220. The summed E-state index contributed by atoms with van der Waals surface area (Å²) in [5, 5.41) is 5.03. The molecule has 5 rings (SSSR count). The van der Waals surface area contributed by atoms with Gasteiger partial charge in [0.05, 0.1) is 11.0 Å². The predicted molar refractivity (Wildman–Crippen MR) is 122 cm³/mol.